The summed E-state index contributed by atoms with van der Waals surface area (Å²) in [4.78, 5) is 12.9. The molecule has 8 heteroatoms. The molecule has 0 saturated heterocycles. The third-order valence-corrected chi connectivity index (χ3v) is 6.03. The number of nitrogens with zero attached hydrogens (tertiary/aromatic N) is 1. The molecule has 0 fully saturated rings. The minimum absolute atomic E-state index is 0.318. The van der Waals surface area contributed by atoms with Gasteiger partial charge in [-0.3, -0.25) is 9.10 Å². The van der Waals surface area contributed by atoms with Gasteiger partial charge in [-0.2, -0.15) is 0 Å². The molecule has 2 rings (SSSR count). The molecular formula is C23H32N2O5S. The number of anilines is 1. The maximum atomic E-state index is 12.9. The maximum absolute atomic E-state index is 12.9. The zero-order valence-electron chi connectivity index (χ0n) is 18.6. The lowest BCUT2D eigenvalue weighted by Crippen LogP contribution is -2.49. The Labute approximate surface area is 185 Å². The van der Waals surface area contributed by atoms with Crippen LogP contribution in [-0.2, 0) is 21.2 Å². The van der Waals surface area contributed by atoms with E-state index in [1.807, 2.05) is 31.2 Å². The van der Waals surface area contributed by atoms with Gasteiger partial charge in [-0.25, -0.2) is 8.42 Å². The fourth-order valence-corrected chi connectivity index (χ4v) is 4.62. The molecule has 170 valence electrons. The first-order valence-electron chi connectivity index (χ1n) is 10.4. The van der Waals surface area contributed by atoms with Crippen LogP contribution in [0.25, 0.3) is 0 Å². The third kappa shape index (κ3) is 6.89. The summed E-state index contributed by atoms with van der Waals surface area (Å²) in [5.41, 5.74) is 1.51. The normalized spacial score (nSPS) is 12.1. The highest BCUT2D eigenvalue weighted by molar-refractivity contribution is 7.92. The molecule has 0 aliphatic carbocycles. The topological polar surface area (TPSA) is 84.9 Å². The zero-order valence-corrected chi connectivity index (χ0v) is 19.4. The zero-order chi connectivity index (χ0) is 22.9. The van der Waals surface area contributed by atoms with Gasteiger partial charge in [0.25, 0.3) is 0 Å². The number of rotatable bonds is 12. The minimum Gasteiger partial charge on any atom is -0.497 e. The number of nitrogens with one attached hydrogen (secondary N) is 1. The van der Waals surface area contributed by atoms with E-state index in [1.54, 1.807) is 38.3 Å². The van der Waals surface area contributed by atoms with Gasteiger partial charge in [-0.05, 0) is 62.1 Å². The highest BCUT2D eigenvalue weighted by atomic mass is 32.2. The number of para-hydroxylation sites is 1. The summed E-state index contributed by atoms with van der Waals surface area (Å²) in [7, 11) is -2.12. The summed E-state index contributed by atoms with van der Waals surface area (Å²) in [5.74, 6) is 1.15. The van der Waals surface area contributed by atoms with E-state index < -0.39 is 16.1 Å². The van der Waals surface area contributed by atoms with Crippen LogP contribution in [0.2, 0.25) is 0 Å². The molecule has 1 unspecified atom stereocenters. The van der Waals surface area contributed by atoms with Crippen LogP contribution in [0.5, 0.6) is 11.5 Å². The number of methoxy groups -OCH3 is 1. The molecule has 31 heavy (non-hydrogen) atoms. The number of sulfonamides is 1. The average Bonchev–Trinajstić information content (AvgIpc) is 2.75. The van der Waals surface area contributed by atoms with Crippen LogP contribution in [-0.4, -0.2) is 46.9 Å². The highest BCUT2D eigenvalue weighted by Crippen LogP contribution is 2.25. The number of hydrogen-bond donors (Lipinski definition) is 1. The predicted molar refractivity (Wildman–Crippen MR) is 123 cm³/mol. The molecule has 7 nitrogen and oxygen atoms in total. The Morgan fingerprint density at radius 2 is 1.77 bits per heavy atom. The standard InChI is InChI=1S/C23H32N2O5S/c1-5-21(25(31(4,27)28)19-13-15-20(29-3)16-14-19)23(26)24-17-9-11-18-10-7-8-12-22(18)30-6-2/h7-8,10,12-16,21H,5-6,9,11,17H2,1-4H3,(H,24,26). The molecule has 2 aromatic rings. The SMILES string of the molecule is CCOc1ccccc1CCCNC(=O)C(CC)N(c1ccc(OC)cc1)S(C)(=O)=O. The van der Waals surface area contributed by atoms with Gasteiger partial charge in [0.05, 0.1) is 25.7 Å². The molecule has 1 atom stereocenters. The first-order chi connectivity index (χ1) is 14.8. The number of benzene rings is 2. The van der Waals surface area contributed by atoms with Crippen LogP contribution >= 0.6 is 0 Å². The quantitative estimate of drug-likeness (QED) is 0.503. The Bertz CT molecular complexity index is 945. The molecule has 1 N–H and O–H groups in total. The first-order valence-corrected chi connectivity index (χ1v) is 12.3. The van der Waals surface area contributed by atoms with Gasteiger partial charge in [0.2, 0.25) is 15.9 Å². The molecule has 0 aliphatic heterocycles. The van der Waals surface area contributed by atoms with Crippen LogP contribution in [0.4, 0.5) is 5.69 Å². The lowest BCUT2D eigenvalue weighted by atomic mass is 10.1. The summed E-state index contributed by atoms with van der Waals surface area (Å²) in [6.07, 6.45) is 2.92. The number of ether oxygens (including phenoxy) is 2. The van der Waals surface area contributed by atoms with Crippen LogP contribution < -0.4 is 19.1 Å². The van der Waals surface area contributed by atoms with Crippen molar-refractivity contribution >= 4 is 21.6 Å². The van der Waals surface area contributed by atoms with Gasteiger partial charge in [0.15, 0.2) is 0 Å². The summed E-state index contributed by atoms with van der Waals surface area (Å²) in [6.45, 7) is 4.77. The van der Waals surface area contributed by atoms with E-state index in [1.165, 1.54) is 4.31 Å². The molecule has 0 radical (unpaired) electrons. The fraction of sp³-hybridized carbons (Fsp3) is 0.435. The van der Waals surface area contributed by atoms with Gasteiger partial charge in [-0.1, -0.05) is 25.1 Å². The fourth-order valence-electron chi connectivity index (χ4n) is 3.40. The van der Waals surface area contributed by atoms with E-state index in [4.69, 9.17) is 9.47 Å². The van der Waals surface area contributed by atoms with Crippen molar-refractivity contribution in [2.24, 2.45) is 0 Å². The van der Waals surface area contributed by atoms with Gasteiger partial charge in [0, 0.05) is 6.54 Å². The lowest BCUT2D eigenvalue weighted by molar-refractivity contribution is -0.122. The molecular weight excluding hydrogens is 416 g/mol. The number of carbonyl (C=O) groups is 1. The third-order valence-electron chi connectivity index (χ3n) is 4.85. The van der Waals surface area contributed by atoms with E-state index >= 15 is 0 Å². The Kier molecular flexibility index (Phi) is 9.18. The maximum Gasteiger partial charge on any atom is 0.243 e. The van der Waals surface area contributed by atoms with Crippen molar-refractivity contribution in [1.82, 2.24) is 5.32 Å². The Morgan fingerprint density at radius 3 is 2.35 bits per heavy atom. The van der Waals surface area contributed by atoms with Crippen molar-refractivity contribution in [3.05, 3.63) is 54.1 Å². The van der Waals surface area contributed by atoms with Crippen LogP contribution in [0.15, 0.2) is 48.5 Å². The van der Waals surface area contributed by atoms with Crippen LogP contribution in [0.3, 0.4) is 0 Å². The first kappa shape index (κ1) is 24.5. The number of amides is 1. The molecule has 0 aliphatic rings. The van der Waals surface area contributed by atoms with Crippen molar-refractivity contribution < 1.29 is 22.7 Å². The molecule has 0 aromatic heterocycles. The predicted octanol–water partition coefficient (Wildman–Crippen LogP) is 3.39. The second-order valence-corrected chi connectivity index (χ2v) is 8.98. The summed E-state index contributed by atoms with van der Waals surface area (Å²) in [5, 5.41) is 2.89. The Hall–Kier alpha value is -2.74. The van der Waals surface area contributed by atoms with E-state index in [0.717, 1.165) is 24.0 Å². The summed E-state index contributed by atoms with van der Waals surface area (Å²) >= 11 is 0. The average molecular weight is 449 g/mol. The van der Waals surface area contributed by atoms with E-state index in [-0.39, 0.29) is 5.91 Å². The molecule has 0 bridgehead atoms. The molecule has 0 heterocycles. The van der Waals surface area contributed by atoms with Gasteiger partial charge in [0.1, 0.15) is 17.5 Å². The highest BCUT2D eigenvalue weighted by Gasteiger charge is 2.31. The van der Waals surface area contributed by atoms with Crippen molar-refractivity contribution in [3.8, 4) is 11.5 Å². The number of carbonyl (C=O) groups excluding carboxylic acids is 1. The lowest BCUT2D eigenvalue weighted by Gasteiger charge is -2.30. The number of aryl methyl sites for hydroxylation is 1. The van der Waals surface area contributed by atoms with E-state index in [9.17, 15) is 13.2 Å². The van der Waals surface area contributed by atoms with Gasteiger partial charge < -0.3 is 14.8 Å². The molecule has 0 saturated carbocycles. The van der Waals surface area contributed by atoms with Crippen molar-refractivity contribution in [1.29, 1.82) is 0 Å². The monoisotopic (exact) mass is 448 g/mol. The summed E-state index contributed by atoms with van der Waals surface area (Å²) in [6, 6.07) is 13.6. The van der Waals surface area contributed by atoms with Crippen LogP contribution in [0.1, 0.15) is 32.3 Å². The second kappa shape index (κ2) is 11.6. The molecule has 1 amide bonds. The number of hydrogen-bond acceptors (Lipinski definition) is 5. The largest absolute Gasteiger partial charge is 0.497 e. The van der Waals surface area contributed by atoms with E-state index in [2.05, 4.69) is 5.32 Å². The van der Waals surface area contributed by atoms with Crippen molar-refractivity contribution in [2.45, 2.75) is 39.2 Å². The van der Waals surface area contributed by atoms with E-state index in [0.29, 0.717) is 37.4 Å². The molecule has 2 aromatic carbocycles. The molecule has 0 spiro atoms. The minimum atomic E-state index is -3.66. The second-order valence-electron chi connectivity index (χ2n) is 7.12. The Balaban J connectivity index is 2.05. The smallest absolute Gasteiger partial charge is 0.243 e. The van der Waals surface area contributed by atoms with Crippen molar-refractivity contribution in [2.75, 3.05) is 30.8 Å². The Morgan fingerprint density at radius 1 is 1.10 bits per heavy atom. The van der Waals surface area contributed by atoms with Crippen molar-refractivity contribution in [3.63, 3.8) is 0 Å². The summed E-state index contributed by atoms with van der Waals surface area (Å²) < 4.78 is 37.0. The van der Waals surface area contributed by atoms with Crippen LogP contribution in [0, 0.1) is 0 Å². The van der Waals surface area contributed by atoms with Gasteiger partial charge >= 0.3 is 0 Å². The van der Waals surface area contributed by atoms with Gasteiger partial charge in [-0.15, -0.1) is 0 Å².